The van der Waals surface area contributed by atoms with Crippen LogP contribution in [0.15, 0.2) is 24.3 Å². The highest BCUT2D eigenvalue weighted by molar-refractivity contribution is 5.87. The summed E-state index contributed by atoms with van der Waals surface area (Å²) in [7, 11) is 0. The molecule has 0 N–H and O–H groups in total. The summed E-state index contributed by atoms with van der Waals surface area (Å²) in [6.07, 6.45) is 8.02. The zero-order valence-electron chi connectivity index (χ0n) is 15.0. The molecule has 0 spiro atoms. The molecule has 1 atom stereocenters. The Morgan fingerprint density at radius 3 is 2.08 bits per heavy atom. The van der Waals surface area contributed by atoms with Crippen LogP contribution in [-0.2, 0) is 23.8 Å². The zero-order chi connectivity index (χ0) is 17.9. The average Bonchev–Trinajstić information content (AvgIpc) is 3.07. The molecule has 1 aliphatic heterocycles. The minimum absolute atomic E-state index is 0.105. The van der Waals surface area contributed by atoms with E-state index in [1.54, 1.807) is 13.8 Å². The first-order valence-corrected chi connectivity index (χ1v) is 8.71. The Morgan fingerprint density at radius 2 is 1.58 bits per heavy atom. The van der Waals surface area contributed by atoms with E-state index in [0.717, 1.165) is 32.3 Å². The van der Waals surface area contributed by atoms with Crippen LogP contribution in [-0.4, -0.2) is 37.4 Å². The molecule has 1 unspecified atom stereocenters. The molecular formula is C19H30O5. The van der Waals surface area contributed by atoms with E-state index in [9.17, 15) is 9.59 Å². The van der Waals surface area contributed by atoms with Gasteiger partial charge in [0, 0.05) is 17.8 Å². The Morgan fingerprint density at radius 1 is 0.958 bits per heavy atom. The molecule has 5 heteroatoms. The van der Waals surface area contributed by atoms with Crippen molar-refractivity contribution < 1.29 is 23.8 Å². The molecule has 2 rings (SSSR count). The number of ether oxygens (including phenoxy) is 3. The molecule has 0 bridgehead atoms. The highest BCUT2D eigenvalue weighted by atomic mass is 16.6. The van der Waals surface area contributed by atoms with Crippen LogP contribution in [0.3, 0.4) is 0 Å². The minimum Gasteiger partial charge on any atom is -0.460 e. The van der Waals surface area contributed by atoms with Crippen LogP contribution in [0.25, 0.3) is 0 Å². The van der Waals surface area contributed by atoms with Gasteiger partial charge in [-0.25, -0.2) is 9.59 Å². The second kappa shape index (κ2) is 11.0. The topological polar surface area (TPSA) is 61.8 Å². The second-order valence-corrected chi connectivity index (χ2v) is 6.46. The maximum absolute atomic E-state index is 11.1. The van der Waals surface area contributed by atoms with Gasteiger partial charge in [-0.05, 0) is 52.4 Å². The van der Waals surface area contributed by atoms with Crippen LogP contribution >= 0.6 is 0 Å². The van der Waals surface area contributed by atoms with Crippen molar-refractivity contribution >= 4 is 11.9 Å². The van der Waals surface area contributed by atoms with E-state index in [-0.39, 0.29) is 24.1 Å². The van der Waals surface area contributed by atoms with Crippen molar-refractivity contribution in [2.24, 2.45) is 0 Å². The van der Waals surface area contributed by atoms with Gasteiger partial charge in [-0.1, -0.05) is 19.6 Å². The molecule has 1 heterocycles. The lowest BCUT2D eigenvalue weighted by Crippen LogP contribution is -2.20. The Hall–Kier alpha value is -1.62. The van der Waals surface area contributed by atoms with Gasteiger partial charge in [-0.3, -0.25) is 0 Å². The lowest BCUT2D eigenvalue weighted by molar-refractivity contribution is -0.145. The summed E-state index contributed by atoms with van der Waals surface area (Å²) in [5, 5.41) is 0. The third-order valence-electron chi connectivity index (χ3n) is 3.95. The maximum atomic E-state index is 11.1. The molecule has 5 nitrogen and oxygen atoms in total. The Kier molecular flexibility index (Phi) is 9.38. The summed E-state index contributed by atoms with van der Waals surface area (Å²) in [6.45, 7) is 11.5. The summed E-state index contributed by atoms with van der Waals surface area (Å²) < 4.78 is 15.4. The van der Waals surface area contributed by atoms with Gasteiger partial charge in [0.15, 0.2) is 0 Å². The molecule has 0 aromatic heterocycles. The zero-order valence-corrected chi connectivity index (χ0v) is 15.0. The highest BCUT2D eigenvalue weighted by Gasteiger charge is 2.18. The summed E-state index contributed by atoms with van der Waals surface area (Å²) >= 11 is 0. The van der Waals surface area contributed by atoms with Crippen molar-refractivity contribution in [3.63, 3.8) is 0 Å². The van der Waals surface area contributed by atoms with Crippen LogP contribution in [0.5, 0.6) is 0 Å². The molecule has 136 valence electrons. The molecule has 0 aromatic rings. The standard InChI is InChI=1S/C10H16O2.C9H14O3/c1-8(2)10(11)12-9-6-4-3-5-7-9;1-7(2)9(10)12-6-8-4-3-5-11-8/h9H,1,3-7H2,2H3;8H,1,3-6H2,2H3. The SMILES string of the molecule is C=C(C)C(=O)OC1CCCCC1.C=C(C)C(=O)OCC1CCCO1. The monoisotopic (exact) mass is 338 g/mol. The smallest absolute Gasteiger partial charge is 0.333 e. The van der Waals surface area contributed by atoms with Gasteiger partial charge in [-0.2, -0.15) is 0 Å². The normalized spacial score (nSPS) is 20.5. The summed E-state index contributed by atoms with van der Waals surface area (Å²) in [6, 6.07) is 0. The number of esters is 2. The molecule has 1 aliphatic carbocycles. The van der Waals surface area contributed by atoms with Crippen molar-refractivity contribution in [1.82, 2.24) is 0 Å². The molecular weight excluding hydrogens is 308 g/mol. The van der Waals surface area contributed by atoms with Crippen molar-refractivity contribution in [3.8, 4) is 0 Å². The lowest BCUT2D eigenvalue weighted by atomic mass is 9.98. The van der Waals surface area contributed by atoms with Crippen molar-refractivity contribution in [2.45, 2.75) is 71.0 Å². The van der Waals surface area contributed by atoms with E-state index in [0.29, 0.717) is 17.8 Å². The number of hydrogen-bond donors (Lipinski definition) is 0. The summed E-state index contributed by atoms with van der Waals surface area (Å²) in [4.78, 5) is 22.0. The first-order valence-electron chi connectivity index (χ1n) is 8.71. The Balaban J connectivity index is 0.000000240. The number of rotatable bonds is 5. The Bertz CT molecular complexity index is 443. The average molecular weight is 338 g/mol. The van der Waals surface area contributed by atoms with Crippen LogP contribution in [0.1, 0.15) is 58.8 Å². The largest absolute Gasteiger partial charge is 0.460 e. The number of carbonyl (C=O) groups is 2. The number of carbonyl (C=O) groups excluding carboxylic acids is 2. The van der Waals surface area contributed by atoms with E-state index < -0.39 is 0 Å². The molecule has 1 saturated carbocycles. The van der Waals surface area contributed by atoms with E-state index in [1.807, 2.05) is 0 Å². The third-order valence-corrected chi connectivity index (χ3v) is 3.95. The van der Waals surface area contributed by atoms with Gasteiger partial charge in [0.2, 0.25) is 0 Å². The molecule has 24 heavy (non-hydrogen) atoms. The minimum atomic E-state index is -0.328. The van der Waals surface area contributed by atoms with Gasteiger partial charge in [0.25, 0.3) is 0 Å². The first kappa shape index (κ1) is 20.4. The first-order chi connectivity index (χ1) is 11.4. The van der Waals surface area contributed by atoms with Crippen molar-refractivity contribution in [2.75, 3.05) is 13.2 Å². The van der Waals surface area contributed by atoms with E-state index in [4.69, 9.17) is 14.2 Å². The second-order valence-electron chi connectivity index (χ2n) is 6.46. The van der Waals surface area contributed by atoms with Gasteiger partial charge in [0.1, 0.15) is 12.7 Å². The van der Waals surface area contributed by atoms with Crippen LogP contribution < -0.4 is 0 Å². The van der Waals surface area contributed by atoms with Gasteiger partial charge >= 0.3 is 11.9 Å². The fourth-order valence-corrected chi connectivity index (χ4v) is 2.50. The molecule has 1 saturated heterocycles. The van der Waals surface area contributed by atoms with Crippen LogP contribution in [0.2, 0.25) is 0 Å². The predicted molar refractivity (Wildman–Crippen MR) is 92.5 cm³/mol. The van der Waals surface area contributed by atoms with E-state index in [2.05, 4.69) is 13.2 Å². The fourth-order valence-electron chi connectivity index (χ4n) is 2.50. The predicted octanol–water partition coefficient (Wildman–Crippen LogP) is 3.72. The number of hydrogen-bond acceptors (Lipinski definition) is 5. The lowest BCUT2D eigenvalue weighted by Gasteiger charge is -2.21. The van der Waals surface area contributed by atoms with Gasteiger partial charge in [-0.15, -0.1) is 0 Å². The van der Waals surface area contributed by atoms with E-state index >= 15 is 0 Å². The summed E-state index contributed by atoms with van der Waals surface area (Å²) in [5.41, 5.74) is 0.938. The van der Waals surface area contributed by atoms with Gasteiger partial charge in [0.05, 0.1) is 6.10 Å². The quantitative estimate of drug-likeness (QED) is 0.565. The van der Waals surface area contributed by atoms with Crippen molar-refractivity contribution in [3.05, 3.63) is 24.3 Å². The maximum Gasteiger partial charge on any atom is 0.333 e. The molecule has 2 aliphatic rings. The molecule has 0 radical (unpaired) electrons. The summed E-state index contributed by atoms with van der Waals surface area (Å²) in [5.74, 6) is -0.563. The molecule has 2 fully saturated rings. The molecule has 0 amide bonds. The third kappa shape index (κ3) is 8.29. The van der Waals surface area contributed by atoms with E-state index in [1.165, 1.54) is 19.3 Å². The van der Waals surface area contributed by atoms with Gasteiger partial charge < -0.3 is 14.2 Å². The van der Waals surface area contributed by atoms with Crippen molar-refractivity contribution in [1.29, 1.82) is 0 Å². The fraction of sp³-hybridized carbons (Fsp3) is 0.684. The van der Waals surface area contributed by atoms with Crippen LogP contribution in [0.4, 0.5) is 0 Å². The molecule has 0 aromatic carbocycles. The Labute approximate surface area is 145 Å². The van der Waals surface area contributed by atoms with Crippen LogP contribution in [0, 0.1) is 0 Å². The highest BCUT2D eigenvalue weighted by Crippen LogP contribution is 2.20.